The molecule has 2 fully saturated rings. The summed E-state index contributed by atoms with van der Waals surface area (Å²) in [6.45, 7) is 2.43. The van der Waals surface area contributed by atoms with E-state index in [1.165, 1.54) is 13.4 Å². The first-order valence-corrected chi connectivity index (χ1v) is 11.1. The van der Waals surface area contributed by atoms with Crippen LogP contribution in [0.1, 0.15) is 35.0 Å². The number of rotatable bonds is 5. The van der Waals surface area contributed by atoms with Crippen molar-refractivity contribution in [2.24, 2.45) is 0 Å². The Hall–Kier alpha value is -2.84. The molecule has 0 N–H and O–H groups in total. The van der Waals surface area contributed by atoms with Gasteiger partial charge in [0.2, 0.25) is 5.91 Å². The van der Waals surface area contributed by atoms with Crippen molar-refractivity contribution in [2.45, 2.75) is 24.9 Å². The number of hydrogen-bond acceptors (Lipinski definition) is 6. The average Bonchev–Trinajstić information content (AvgIpc) is 3.52. The van der Waals surface area contributed by atoms with Gasteiger partial charge in [-0.3, -0.25) is 14.5 Å². The molecule has 1 aromatic heterocycles. The number of benzene rings is 1. The van der Waals surface area contributed by atoms with Crippen LogP contribution in [0.15, 0.2) is 47.1 Å². The third-order valence-corrected chi connectivity index (χ3v) is 6.49. The van der Waals surface area contributed by atoms with Crippen molar-refractivity contribution in [2.75, 3.05) is 39.8 Å². The lowest BCUT2D eigenvalue weighted by Gasteiger charge is -2.40. The van der Waals surface area contributed by atoms with Gasteiger partial charge >= 0.3 is 5.97 Å². The third-order valence-electron chi connectivity index (χ3n) is 6.15. The first-order valence-electron chi connectivity index (χ1n) is 10.7. The number of ether oxygens (including phenoxy) is 1. The fourth-order valence-electron chi connectivity index (χ4n) is 4.50. The van der Waals surface area contributed by atoms with E-state index in [0.717, 1.165) is 6.42 Å². The van der Waals surface area contributed by atoms with E-state index >= 15 is 0 Å². The Bertz CT molecular complexity index is 972. The lowest BCUT2D eigenvalue weighted by atomic mass is 10.0. The predicted molar refractivity (Wildman–Crippen MR) is 117 cm³/mol. The summed E-state index contributed by atoms with van der Waals surface area (Å²) in [7, 11) is 1.36. The molecular weight excluding hydrogens is 434 g/mol. The molecule has 2 aliphatic rings. The molecule has 1 aromatic carbocycles. The van der Waals surface area contributed by atoms with E-state index < -0.39 is 12.1 Å². The van der Waals surface area contributed by atoms with Gasteiger partial charge in [-0.2, -0.15) is 0 Å². The average molecular weight is 460 g/mol. The summed E-state index contributed by atoms with van der Waals surface area (Å²) in [5.41, 5.74) is 0.687. The van der Waals surface area contributed by atoms with Gasteiger partial charge in [0, 0.05) is 37.7 Å². The molecule has 170 valence electrons. The molecule has 0 spiro atoms. The molecule has 2 aliphatic heterocycles. The van der Waals surface area contributed by atoms with Crippen molar-refractivity contribution in [3.63, 3.8) is 0 Å². The highest BCUT2D eigenvalue weighted by Gasteiger charge is 2.40. The molecule has 2 aromatic rings. The van der Waals surface area contributed by atoms with Crippen LogP contribution < -0.4 is 0 Å². The van der Waals surface area contributed by atoms with Crippen LogP contribution in [0, 0.1) is 0 Å². The van der Waals surface area contributed by atoms with Gasteiger partial charge in [0.15, 0.2) is 5.76 Å². The summed E-state index contributed by atoms with van der Waals surface area (Å²) in [5.74, 6) is -0.456. The second-order valence-electron chi connectivity index (χ2n) is 7.94. The maximum Gasteiger partial charge on any atom is 0.327 e. The lowest BCUT2D eigenvalue weighted by Crippen LogP contribution is -2.55. The van der Waals surface area contributed by atoms with E-state index in [-0.39, 0.29) is 23.5 Å². The maximum atomic E-state index is 13.2. The summed E-state index contributed by atoms with van der Waals surface area (Å²) >= 11 is 6.35. The van der Waals surface area contributed by atoms with Crippen LogP contribution in [0.5, 0.6) is 0 Å². The number of piperazine rings is 1. The van der Waals surface area contributed by atoms with Crippen molar-refractivity contribution in [3.8, 4) is 0 Å². The maximum absolute atomic E-state index is 13.2. The van der Waals surface area contributed by atoms with Crippen LogP contribution in [-0.4, -0.2) is 78.4 Å². The second kappa shape index (κ2) is 9.75. The fraction of sp³-hybridized carbons (Fsp3) is 0.435. The Labute approximate surface area is 191 Å². The quantitative estimate of drug-likeness (QED) is 0.639. The largest absolute Gasteiger partial charge is 0.468 e. The molecule has 2 atom stereocenters. The van der Waals surface area contributed by atoms with Crippen LogP contribution in [0.4, 0.5) is 0 Å². The molecular formula is C23H26ClN3O5. The summed E-state index contributed by atoms with van der Waals surface area (Å²) < 4.78 is 10.3. The Kier molecular flexibility index (Phi) is 6.81. The minimum absolute atomic E-state index is 0.0607. The number of carbonyl (C=O) groups is 3. The first-order chi connectivity index (χ1) is 15.5. The normalized spacial score (nSPS) is 20.2. The predicted octanol–water partition coefficient (Wildman–Crippen LogP) is 2.60. The molecule has 0 radical (unpaired) electrons. The monoisotopic (exact) mass is 459 g/mol. The van der Waals surface area contributed by atoms with Gasteiger partial charge in [0.1, 0.15) is 12.1 Å². The standard InChI is InChI=1S/C23H26ClN3O5/c1-31-23(30)20(16-6-2-3-7-17(16)24)25-11-13-26(14-12-25)21(28)18-8-4-10-27(18)22(29)19-9-5-15-32-19/h2-3,5-7,9,15,18,20H,4,8,10-14H2,1H3. The summed E-state index contributed by atoms with van der Waals surface area (Å²) in [5, 5.41) is 0.499. The molecule has 2 amide bonds. The highest BCUT2D eigenvalue weighted by atomic mass is 35.5. The number of amides is 2. The van der Waals surface area contributed by atoms with E-state index in [4.69, 9.17) is 20.8 Å². The molecule has 2 unspecified atom stereocenters. The van der Waals surface area contributed by atoms with Gasteiger partial charge in [-0.1, -0.05) is 29.8 Å². The molecule has 8 nitrogen and oxygen atoms in total. The highest BCUT2D eigenvalue weighted by Crippen LogP contribution is 2.30. The van der Waals surface area contributed by atoms with Crippen molar-refractivity contribution < 1.29 is 23.5 Å². The number of furan rings is 1. The third kappa shape index (κ3) is 4.38. The van der Waals surface area contributed by atoms with E-state index in [1.54, 1.807) is 28.0 Å². The molecule has 2 saturated heterocycles. The highest BCUT2D eigenvalue weighted by molar-refractivity contribution is 6.31. The Morgan fingerprint density at radius 1 is 1.06 bits per heavy atom. The molecule has 32 heavy (non-hydrogen) atoms. The Balaban J connectivity index is 1.43. The number of nitrogens with zero attached hydrogens (tertiary/aromatic N) is 3. The first kappa shape index (κ1) is 22.4. The van der Waals surface area contributed by atoms with Gasteiger partial charge < -0.3 is 19.0 Å². The zero-order valence-corrected chi connectivity index (χ0v) is 18.7. The van der Waals surface area contributed by atoms with Crippen LogP contribution >= 0.6 is 11.6 Å². The topological polar surface area (TPSA) is 83.3 Å². The number of hydrogen-bond donors (Lipinski definition) is 0. The summed E-state index contributed by atoms with van der Waals surface area (Å²) in [6, 6.07) is 9.37. The minimum Gasteiger partial charge on any atom is -0.468 e. The van der Waals surface area contributed by atoms with Gasteiger partial charge in [-0.25, -0.2) is 4.79 Å². The van der Waals surface area contributed by atoms with Crippen LogP contribution in [-0.2, 0) is 14.3 Å². The summed E-state index contributed by atoms with van der Waals surface area (Å²) in [4.78, 5) is 43.9. The van der Waals surface area contributed by atoms with E-state index in [0.29, 0.717) is 49.7 Å². The number of esters is 1. The fourth-order valence-corrected chi connectivity index (χ4v) is 4.74. The number of halogens is 1. The second-order valence-corrected chi connectivity index (χ2v) is 8.35. The minimum atomic E-state index is -0.630. The van der Waals surface area contributed by atoms with Crippen LogP contribution in [0.25, 0.3) is 0 Å². The van der Waals surface area contributed by atoms with Gasteiger partial charge in [-0.15, -0.1) is 0 Å². The molecule has 0 saturated carbocycles. The van der Waals surface area contributed by atoms with Crippen molar-refractivity contribution in [3.05, 3.63) is 59.0 Å². The van der Waals surface area contributed by atoms with Crippen molar-refractivity contribution in [1.29, 1.82) is 0 Å². The number of methoxy groups -OCH3 is 1. The lowest BCUT2D eigenvalue weighted by molar-refractivity contribution is -0.149. The van der Waals surface area contributed by atoms with Gasteiger partial charge in [0.05, 0.1) is 13.4 Å². The zero-order chi connectivity index (χ0) is 22.7. The summed E-state index contributed by atoms with van der Waals surface area (Å²) in [6.07, 6.45) is 2.87. The van der Waals surface area contributed by atoms with Crippen LogP contribution in [0.2, 0.25) is 5.02 Å². The van der Waals surface area contributed by atoms with Gasteiger partial charge in [0.25, 0.3) is 5.91 Å². The van der Waals surface area contributed by atoms with E-state index in [2.05, 4.69) is 0 Å². The van der Waals surface area contributed by atoms with E-state index in [1.807, 2.05) is 23.1 Å². The Morgan fingerprint density at radius 3 is 2.47 bits per heavy atom. The zero-order valence-electron chi connectivity index (χ0n) is 17.9. The smallest absolute Gasteiger partial charge is 0.327 e. The number of carbonyl (C=O) groups excluding carboxylic acids is 3. The van der Waals surface area contributed by atoms with E-state index in [9.17, 15) is 14.4 Å². The van der Waals surface area contributed by atoms with Gasteiger partial charge in [-0.05, 0) is 36.6 Å². The SMILES string of the molecule is COC(=O)C(c1ccccc1Cl)N1CCN(C(=O)C2CCCN2C(=O)c2ccco2)CC1. The van der Waals surface area contributed by atoms with Crippen LogP contribution in [0.3, 0.4) is 0 Å². The number of likely N-dealkylation sites (tertiary alicyclic amines) is 1. The molecule has 3 heterocycles. The van der Waals surface area contributed by atoms with Crippen molar-refractivity contribution in [1.82, 2.24) is 14.7 Å². The molecule has 0 aliphatic carbocycles. The molecule has 4 rings (SSSR count). The Morgan fingerprint density at radius 2 is 1.81 bits per heavy atom. The molecule has 9 heteroatoms. The molecule has 0 bridgehead atoms. The van der Waals surface area contributed by atoms with Crippen molar-refractivity contribution >= 4 is 29.4 Å².